The first-order valence-corrected chi connectivity index (χ1v) is 12.8. The summed E-state index contributed by atoms with van der Waals surface area (Å²) in [5, 5.41) is 10.8. The molecular weight excluding hydrogens is 396 g/mol. The van der Waals surface area contributed by atoms with Gasteiger partial charge < -0.3 is 10.0 Å². The Kier molecular flexibility index (Phi) is 6.46. The van der Waals surface area contributed by atoms with Crippen LogP contribution in [0.4, 0.5) is 5.69 Å². The molecule has 2 aliphatic heterocycles. The number of aryl methyl sites for hydroxylation is 1. The van der Waals surface area contributed by atoms with Crippen molar-refractivity contribution in [2.24, 2.45) is 5.92 Å². The molecule has 0 aliphatic carbocycles. The smallest absolute Gasteiger partial charge is 0.232 e. The number of rotatable bonds is 6. The maximum absolute atomic E-state index is 12.0. The second-order valence-corrected chi connectivity index (χ2v) is 10.7. The molecule has 1 N–H and O–H groups in total. The van der Waals surface area contributed by atoms with Gasteiger partial charge in [-0.25, -0.2) is 8.42 Å². The third kappa shape index (κ3) is 5.05. The van der Waals surface area contributed by atoms with Gasteiger partial charge in [-0.15, -0.1) is 0 Å². The Balaban J connectivity index is 1.34. The van der Waals surface area contributed by atoms with E-state index in [1.165, 1.54) is 16.1 Å². The molecule has 0 saturated carbocycles. The molecule has 2 aromatic carbocycles. The molecule has 162 valence electrons. The summed E-state index contributed by atoms with van der Waals surface area (Å²) in [7, 11) is -3.26. The number of sulfonamides is 1. The van der Waals surface area contributed by atoms with Crippen LogP contribution < -0.4 is 4.31 Å². The molecule has 1 fully saturated rings. The predicted octanol–water partition coefficient (Wildman–Crippen LogP) is 3.39. The number of anilines is 1. The zero-order valence-electron chi connectivity index (χ0n) is 17.7. The zero-order valence-corrected chi connectivity index (χ0v) is 18.5. The maximum Gasteiger partial charge on any atom is 0.232 e. The first-order chi connectivity index (χ1) is 14.4. The monoisotopic (exact) mass is 428 g/mol. The lowest BCUT2D eigenvalue weighted by Gasteiger charge is -2.34. The van der Waals surface area contributed by atoms with Crippen LogP contribution in [0.25, 0.3) is 0 Å². The van der Waals surface area contributed by atoms with Gasteiger partial charge >= 0.3 is 0 Å². The minimum absolute atomic E-state index is 0.533. The van der Waals surface area contributed by atoms with E-state index in [1.54, 1.807) is 0 Å². The van der Waals surface area contributed by atoms with E-state index < -0.39 is 16.1 Å². The molecule has 30 heavy (non-hydrogen) atoms. The van der Waals surface area contributed by atoms with Gasteiger partial charge in [-0.1, -0.05) is 42.5 Å². The van der Waals surface area contributed by atoms with Crippen LogP contribution in [0.5, 0.6) is 0 Å². The van der Waals surface area contributed by atoms with Gasteiger partial charge in [0.2, 0.25) is 10.0 Å². The van der Waals surface area contributed by atoms with Crippen LogP contribution in [0.15, 0.2) is 48.5 Å². The number of hydrogen-bond acceptors (Lipinski definition) is 4. The van der Waals surface area contributed by atoms with Gasteiger partial charge in [0.15, 0.2) is 0 Å². The second-order valence-electron chi connectivity index (χ2n) is 8.78. The summed E-state index contributed by atoms with van der Waals surface area (Å²) in [5.41, 5.74) is 4.08. The Bertz CT molecular complexity index is 954. The molecule has 2 aromatic rings. The van der Waals surface area contributed by atoms with Crippen molar-refractivity contribution in [1.29, 1.82) is 0 Å². The van der Waals surface area contributed by atoms with Crippen LogP contribution in [0, 0.1) is 5.92 Å². The summed E-state index contributed by atoms with van der Waals surface area (Å²) in [6, 6.07) is 16.4. The van der Waals surface area contributed by atoms with Crippen LogP contribution in [-0.2, 0) is 22.9 Å². The highest BCUT2D eigenvalue weighted by atomic mass is 32.2. The van der Waals surface area contributed by atoms with Crippen LogP contribution in [-0.4, -0.2) is 50.9 Å². The highest BCUT2D eigenvalue weighted by Crippen LogP contribution is 2.32. The number of piperidine rings is 1. The number of aliphatic hydroxyl groups excluding tert-OH is 1. The van der Waals surface area contributed by atoms with Crippen molar-refractivity contribution < 1.29 is 13.5 Å². The van der Waals surface area contributed by atoms with E-state index in [0.29, 0.717) is 19.0 Å². The number of hydrogen-bond donors (Lipinski definition) is 1. The molecule has 1 atom stereocenters. The fourth-order valence-electron chi connectivity index (χ4n) is 4.80. The van der Waals surface area contributed by atoms with Gasteiger partial charge in [0.05, 0.1) is 18.0 Å². The van der Waals surface area contributed by atoms with Crippen LogP contribution in [0.1, 0.15) is 42.1 Å². The van der Waals surface area contributed by atoms with E-state index >= 15 is 0 Å². The van der Waals surface area contributed by atoms with Crippen LogP contribution in [0.3, 0.4) is 0 Å². The molecule has 2 aliphatic rings. The highest BCUT2D eigenvalue weighted by molar-refractivity contribution is 7.92. The van der Waals surface area contributed by atoms with E-state index in [4.69, 9.17) is 0 Å². The maximum atomic E-state index is 12.0. The normalized spacial score (nSPS) is 19.5. The molecule has 0 bridgehead atoms. The van der Waals surface area contributed by atoms with Crippen molar-refractivity contribution in [2.75, 3.05) is 36.7 Å². The fourth-order valence-corrected chi connectivity index (χ4v) is 5.80. The number of benzene rings is 2. The van der Waals surface area contributed by atoms with Gasteiger partial charge in [-0.3, -0.25) is 4.31 Å². The minimum atomic E-state index is -3.26. The first kappa shape index (κ1) is 21.3. The molecule has 0 aromatic heterocycles. The Morgan fingerprint density at radius 1 is 1.07 bits per heavy atom. The summed E-state index contributed by atoms with van der Waals surface area (Å²) >= 11 is 0. The van der Waals surface area contributed by atoms with Crippen molar-refractivity contribution in [2.45, 2.75) is 38.2 Å². The number of fused-ring (bicyclic) bond motifs is 1. The molecule has 5 nitrogen and oxygen atoms in total. The summed E-state index contributed by atoms with van der Waals surface area (Å²) in [6.45, 7) is 3.20. The van der Waals surface area contributed by atoms with E-state index in [0.717, 1.165) is 62.0 Å². The van der Waals surface area contributed by atoms with E-state index in [2.05, 4.69) is 35.2 Å². The van der Waals surface area contributed by atoms with Crippen molar-refractivity contribution in [3.05, 3.63) is 65.2 Å². The molecule has 6 heteroatoms. The molecular formula is C24H32N2O3S. The largest absolute Gasteiger partial charge is 0.387 e. The number of nitrogens with zero attached hydrogens (tertiary/aromatic N) is 2. The van der Waals surface area contributed by atoms with Crippen molar-refractivity contribution in [3.63, 3.8) is 0 Å². The molecule has 0 radical (unpaired) electrons. The lowest BCUT2D eigenvalue weighted by Crippen LogP contribution is -2.37. The Morgan fingerprint density at radius 3 is 2.50 bits per heavy atom. The summed E-state index contributed by atoms with van der Waals surface area (Å²) < 4.78 is 25.6. The van der Waals surface area contributed by atoms with E-state index in [1.807, 2.05) is 18.2 Å². The number of aliphatic hydroxyl groups is 1. The lowest BCUT2D eigenvalue weighted by molar-refractivity contribution is 0.0892. The van der Waals surface area contributed by atoms with Crippen LogP contribution in [0.2, 0.25) is 0 Å². The quantitative estimate of drug-likeness (QED) is 0.766. The number of likely N-dealkylation sites (tertiary alicyclic amines) is 1. The lowest BCUT2D eigenvalue weighted by atomic mass is 9.90. The molecule has 1 saturated heterocycles. The molecule has 0 spiro atoms. The van der Waals surface area contributed by atoms with Crippen molar-refractivity contribution in [3.8, 4) is 0 Å². The molecule has 2 heterocycles. The predicted molar refractivity (Wildman–Crippen MR) is 121 cm³/mol. The molecule has 4 rings (SSSR count). The Morgan fingerprint density at radius 2 is 1.80 bits per heavy atom. The van der Waals surface area contributed by atoms with Crippen LogP contribution >= 0.6 is 0 Å². The third-order valence-electron chi connectivity index (χ3n) is 6.47. The van der Waals surface area contributed by atoms with Gasteiger partial charge in [0.25, 0.3) is 0 Å². The van der Waals surface area contributed by atoms with Gasteiger partial charge in [0, 0.05) is 13.1 Å². The topological polar surface area (TPSA) is 60.9 Å². The summed E-state index contributed by atoms with van der Waals surface area (Å²) in [5.74, 6) is 0.714. The number of β-amino-alcohol motifs (C(OH)–C–C–N with tert-alkyl or cyclic N) is 1. The fraction of sp³-hybridized carbons (Fsp3) is 0.500. The second kappa shape index (κ2) is 9.08. The van der Waals surface area contributed by atoms with Crippen molar-refractivity contribution in [1.82, 2.24) is 4.90 Å². The summed E-state index contributed by atoms with van der Waals surface area (Å²) in [4.78, 5) is 2.36. The average Bonchev–Trinajstić information content (AvgIpc) is 2.74. The standard InChI is InChI=1S/C24H32N2O3S/c1-30(28,29)26-13-5-8-21-17-22(9-10-23(21)26)24(27)18-25-14-11-20(12-15-25)16-19-6-3-2-4-7-19/h2-4,6-7,9-10,17,20,24,27H,5,8,11-16,18H2,1H3/t24-/m1/s1. The van der Waals surface area contributed by atoms with E-state index in [9.17, 15) is 13.5 Å². The molecule has 0 amide bonds. The highest BCUT2D eigenvalue weighted by Gasteiger charge is 2.26. The summed E-state index contributed by atoms with van der Waals surface area (Å²) in [6.07, 6.45) is 5.84. The first-order valence-electron chi connectivity index (χ1n) is 10.9. The Hall–Kier alpha value is -1.89. The zero-order chi connectivity index (χ0) is 21.1. The Labute approximate surface area is 180 Å². The SMILES string of the molecule is CS(=O)(=O)N1CCCc2cc([C@H](O)CN3CCC(Cc4ccccc4)CC3)ccc21. The van der Waals surface area contributed by atoms with Crippen molar-refractivity contribution >= 4 is 15.7 Å². The third-order valence-corrected chi connectivity index (χ3v) is 7.65. The van der Waals surface area contributed by atoms with Gasteiger partial charge in [0.1, 0.15) is 0 Å². The van der Waals surface area contributed by atoms with Gasteiger partial charge in [-0.05, 0) is 73.9 Å². The minimum Gasteiger partial charge on any atom is -0.387 e. The molecule has 0 unspecified atom stereocenters. The van der Waals surface area contributed by atoms with E-state index in [-0.39, 0.29) is 0 Å². The van der Waals surface area contributed by atoms with Gasteiger partial charge in [-0.2, -0.15) is 0 Å². The average molecular weight is 429 g/mol.